The van der Waals surface area contributed by atoms with Crippen molar-refractivity contribution in [3.05, 3.63) is 18.2 Å². The molecular formula is C11H20N4O2. The Hall–Kier alpha value is -1.40. The first-order valence-electron chi connectivity index (χ1n) is 5.79. The van der Waals surface area contributed by atoms with Crippen molar-refractivity contribution in [2.45, 2.75) is 26.5 Å². The molecule has 0 spiro atoms. The molecule has 1 aromatic rings. The molecule has 6 heteroatoms. The van der Waals surface area contributed by atoms with Crippen LogP contribution < -0.4 is 11.1 Å². The highest BCUT2D eigenvalue weighted by atomic mass is 16.5. The summed E-state index contributed by atoms with van der Waals surface area (Å²) in [6, 6.07) is 0. The van der Waals surface area contributed by atoms with Crippen LogP contribution in [-0.4, -0.2) is 41.3 Å². The highest BCUT2D eigenvalue weighted by Crippen LogP contribution is 1.96. The van der Waals surface area contributed by atoms with Crippen molar-refractivity contribution < 1.29 is 9.53 Å². The van der Waals surface area contributed by atoms with Gasteiger partial charge in [0.1, 0.15) is 5.69 Å². The number of ether oxygens (including phenoxy) is 1. The molecule has 17 heavy (non-hydrogen) atoms. The highest BCUT2D eigenvalue weighted by Gasteiger charge is 2.10. The van der Waals surface area contributed by atoms with Crippen molar-refractivity contribution in [1.29, 1.82) is 0 Å². The third-order valence-corrected chi connectivity index (χ3v) is 2.25. The van der Waals surface area contributed by atoms with Crippen LogP contribution in [0.4, 0.5) is 0 Å². The summed E-state index contributed by atoms with van der Waals surface area (Å²) in [6.07, 6.45) is 3.30. The number of imidazole rings is 1. The Morgan fingerprint density at radius 3 is 3.12 bits per heavy atom. The summed E-state index contributed by atoms with van der Waals surface area (Å²) in [6.45, 7) is 6.15. The van der Waals surface area contributed by atoms with Crippen LogP contribution in [0.2, 0.25) is 0 Å². The van der Waals surface area contributed by atoms with Gasteiger partial charge >= 0.3 is 0 Å². The Kier molecular flexibility index (Phi) is 5.65. The van der Waals surface area contributed by atoms with Gasteiger partial charge in [-0.15, -0.1) is 0 Å². The number of carbonyl (C=O) groups is 1. The number of nitrogens with two attached hydrogens (primary N) is 1. The SMILES string of the molecule is CCOC(C)CNC(=O)c1cn(CCN)cn1. The van der Waals surface area contributed by atoms with E-state index >= 15 is 0 Å². The van der Waals surface area contributed by atoms with Gasteiger partial charge in [-0.3, -0.25) is 4.79 Å². The van der Waals surface area contributed by atoms with Crippen molar-refractivity contribution >= 4 is 5.91 Å². The molecular weight excluding hydrogens is 220 g/mol. The minimum absolute atomic E-state index is 0.00933. The van der Waals surface area contributed by atoms with E-state index in [1.165, 1.54) is 0 Å². The first-order chi connectivity index (χ1) is 8.17. The van der Waals surface area contributed by atoms with Gasteiger partial charge in [0.25, 0.3) is 5.91 Å². The van der Waals surface area contributed by atoms with Gasteiger partial charge < -0.3 is 20.4 Å². The van der Waals surface area contributed by atoms with Gasteiger partial charge in [-0.05, 0) is 13.8 Å². The highest BCUT2D eigenvalue weighted by molar-refractivity contribution is 5.91. The molecule has 1 rings (SSSR count). The zero-order valence-electron chi connectivity index (χ0n) is 10.3. The molecule has 0 fully saturated rings. The number of hydrogen-bond donors (Lipinski definition) is 2. The Morgan fingerprint density at radius 1 is 1.71 bits per heavy atom. The van der Waals surface area contributed by atoms with Gasteiger partial charge in [-0.2, -0.15) is 0 Å². The topological polar surface area (TPSA) is 82.2 Å². The summed E-state index contributed by atoms with van der Waals surface area (Å²) < 4.78 is 7.11. The van der Waals surface area contributed by atoms with Crippen molar-refractivity contribution in [3.63, 3.8) is 0 Å². The molecule has 0 saturated carbocycles. The monoisotopic (exact) mass is 240 g/mol. The van der Waals surface area contributed by atoms with Gasteiger partial charge in [0.05, 0.1) is 12.4 Å². The predicted octanol–water partition coefficient (Wildman–Crippen LogP) is -0.00340. The van der Waals surface area contributed by atoms with Crippen molar-refractivity contribution in [2.75, 3.05) is 19.7 Å². The number of aromatic nitrogens is 2. The van der Waals surface area contributed by atoms with Crippen molar-refractivity contribution in [2.24, 2.45) is 5.73 Å². The van der Waals surface area contributed by atoms with Crippen LogP contribution in [0.1, 0.15) is 24.3 Å². The molecule has 1 heterocycles. The summed E-state index contributed by atoms with van der Waals surface area (Å²) in [5, 5.41) is 2.77. The molecule has 0 saturated heterocycles. The first kappa shape index (κ1) is 13.7. The summed E-state index contributed by atoms with van der Waals surface area (Å²) in [4.78, 5) is 15.7. The molecule has 0 bridgehead atoms. The third-order valence-electron chi connectivity index (χ3n) is 2.25. The zero-order chi connectivity index (χ0) is 12.7. The number of nitrogens with zero attached hydrogens (tertiary/aromatic N) is 2. The summed E-state index contributed by atoms with van der Waals surface area (Å²) >= 11 is 0. The van der Waals surface area contributed by atoms with E-state index in [0.29, 0.717) is 31.9 Å². The standard InChI is InChI=1S/C11H20N4O2/c1-3-17-9(2)6-13-11(16)10-7-15(5-4-12)8-14-10/h7-9H,3-6,12H2,1-2H3,(H,13,16). The summed E-state index contributed by atoms with van der Waals surface area (Å²) in [5.41, 5.74) is 5.82. The average molecular weight is 240 g/mol. The van der Waals surface area contributed by atoms with Crippen LogP contribution in [0.15, 0.2) is 12.5 Å². The van der Waals surface area contributed by atoms with E-state index in [9.17, 15) is 4.79 Å². The van der Waals surface area contributed by atoms with E-state index in [1.807, 2.05) is 13.8 Å². The smallest absolute Gasteiger partial charge is 0.271 e. The fraction of sp³-hybridized carbons (Fsp3) is 0.636. The summed E-state index contributed by atoms with van der Waals surface area (Å²) in [5.74, 6) is -0.188. The van der Waals surface area contributed by atoms with E-state index in [-0.39, 0.29) is 12.0 Å². The lowest BCUT2D eigenvalue weighted by atomic mass is 10.3. The molecule has 96 valence electrons. The Morgan fingerprint density at radius 2 is 2.47 bits per heavy atom. The van der Waals surface area contributed by atoms with Crippen LogP contribution in [0, 0.1) is 0 Å². The molecule has 6 nitrogen and oxygen atoms in total. The van der Waals surface area contributed by atoms with Crippen LogP contribution in [0.5, 0.6) is 0 Å². The second-order valence-corrected chi connectivity index (χ2v) is 3.76. The minimum Gasteiger partial charge on any atom is -0.377 e. The van der Waals surface area contributed by atoms with E-state index in [0.717, 1.165) is 0 Å². The normalized spacial score (nSPS) is 12.4. The Balaban J connectivity index is 2.40. The number of nitrogens with one attached hydrogen (secondary N) is 1. The Labute approximate surface area is 101 Å². The number of amides is 1. The molecule has 1 atom stereocenters. The maximum absolute atomic E-state index is 11.7. The molecule has 1 unspecified atom stereocenters. The number of rotatable bonds is 7. The lowest BCUT2D eigenvalue weighted by molar-refractivity contribution is 0.0693. The van der Waals surface area contributed by atoms with Gasteiger partial charge in [0.15, 0.2) is 0 Å². The van der Waals surface area contributed by atoms with E-state index in [4.69, 9.17) is 10.5 Å². The van der Waals surface area contributed by atoms with Gasteiger partial charge in [0.2, 0.25) is 0 Å². The summed E-state index contributed by atoms with van der Waals surface area (Å²) in [7, 11) is 0. The molecule has 0 aromatic carbocycles. The number of carbonyl (C=O) groups excluding carboxylic acids is 1. The van der Waals surface area contributed by atoms with Gasteiger partial charge in [0, 0.05) is 32.4 Å². The van der Waals surface area contributed by atoms with Gasteiger partial charge in [-0.1, -0.05) is 0 Å². The molecule has 1 aromatic heterocycles. The lowest BCUT2D eigenvalue weighted by Gasteiger charge is -2.11. The second-order valence-electron chi connectivity index (χ2n) is 3.76. The number of hydrogen-bond acceptors (Lipinski definition) is 4. The lowest BCUT2D eigenvalue weighted by Crippen LogP contribution is -2.32. The Bertz CT molecular complexity index is 351. The van der Waals surface area contributed by atoms with E-state index in [1.54, 1.807) is 17.1 Å². The van der Waals surface area contributed by atoms with Gasteiger partial charge in [-0.25, -0.2) is 4.98 Å². The molecule has 0 radical (unpaired) electrons. The average Bonchev–Trinajstić information content (AvgIpc) is 2.75. The van der Waals surface area contributed by atoms with Crippen LogP contribution in [0.25, 0.3) is 0 Å². The van der Waals surface area contributed by atoms with Crippen molar-refractivity contribution in [1.82, 2.24) is 14.9 Å². The third kappa shape index (κ3) is 4.54. The van der Waals surface area contributed by atoms with Crippen LogP contribution in [0.3, 0.4) is 0 Å². The molecule has 3 N–H and O–H groups in total. The predicted molar refractivity (Wildman–Crippen MR) is 64.7 cm³/mol. The maximum atomic E-state index is 11.7. The first-order valence-corrected chi connectivity index (χ1v) is 5.79. The van der Waals surface area contributed by atoms with E-state index in [2.05, 4.69) is 10.3 Å². The quantitative estimate of drug-likeness (QED) is 0.702. The molecule has 1 amide bonds. The molecule has 0 aliphatic carbocycles. The van der Waals surface area contributed by atoms with Crippen molar-refractivity contribution in [3.8, 4) is 0 Å². The molecule has 0 aliphatic rings. The largest absolute Gasteiger partial charge is 0.377 e. The van der Waals surface area contributed by atoms with Crippen LogP contribution >= 0.6 is 0 Å². The fourth-order valence-corrected chi connectivity index (χ4v) is 1.42. The van der Waals surface area contributed by atoms with Crippen LogP contribution in [-0.2, 0) is 11.3 Å². The fourth-order valence-electron chi connectivity index (χ4n) is 1.42. The maximum Gasteiger partial charge on any atom is 0.271 e. The minimum atomic E-state index is -0.188. The second kappa shape index (κ2) is 7.03. The van der Waals surface area contributed by atoms with E-state index < -0.39 is 0 Å². The molecule has 0 aliphatic heterocycles. The zero-order valence-corrected chi connectivity index (χ0v) is 10.3.